The molecule has 0 spiro atoms. The second kappa shape index (κ2) is 5.85. The predicted octanol–water partition coefficient (Wildman–Crippen LogP) is 2.00. The van der Waals surface area contributed by atoms with Gasteiger partial charge in [0.15, 0.2) is 17.3 Å². The molecule has 1 unspecified atom stereocenters. The zero-order chi connectivity index (χ0) is 20.5. The van der Waals surface area contributed by atoms with Gasteiger partial charge in [0.1, 0.15) is 5.82 Å². The van der Waals surface area contributed by atoms with Crippen molar-refractivity contribution in [1.29, 1.82) is 0 Å². The van der Waals surface area contributed by atoms with E-state index in [1.165, 1.54) is 4.57 Å². The molecule has 1 atom stereocenters. The molecule has 2 aromatic rings. The molecule has 0 saturated heterocycles. The Hall–Kier alpha value is -3.29. The van der Waals surface area contributed by atoms with Gasteiger partial charge in [0.05, 0.1) is 5.56 Å². The van der Waals surface area contributed by atoms with E-state index >= 15 is 0 Å². The molecule has 1 aromatic heterocycles. The summed E-state index contributed by atoms with van der Waals surface area (Å²) in [5.41, 5.74) is 1.25. The number of hydrogen-bond acceptors (Lipinski definition) is 6. The molecule has 0 amide bonds. The summed E-state index contributed by atoms with van der Waals surface area (Å²) in [6.45, 7) is 4.22. The van der Waals surface area contributed by atoms with Crippen LogP contribution >= 0.6 is 0 Å². The summed E-state index contributed by atoms with van der Waals surface area (Å²) in [5.74, 6) is 1.04. The summed E-state index contributed by atoms with van der Waals surface area (Å²) in [4.78, 5) is 40.6. The summed E-state index contributed by atoms with van der Waals surface area (Å²) < 4.78 is 12.3. The van der Waals surface area contributed by atoms with E-state index < -0.39 is 17.2 Å². The molecule has 2 aliphatic heterocycles. The third-order valence-electron chi connectivity index (χ3n) is 5.86. The van der Waals surface area contributed by atoms with Crippen LogP contribution in [0.1, 0.15) is 43.7 Å². The Bertz CT molecular complexity index is 1220. The monoisotopic (exact) mass is 395 g/mol. The second-order valence-electron chi connectivity index (χ2n) is 8.58. The summed E-state index contributed by atoms with van der Waals surface area (Å²) >= 11 is 0. The van der Waals surface area contributed by atoms with Gasteiger partial charge in [-0.3, -0.25) is 19.1 Å². The minimum Gasteiger partial charge on any atom is -0.454 e. The number of allylic oxidation sites excluding steroid dienone is 2. The number of aromatic nitrogens is 2. The fourth-order valence-electron chi connectivity index (χ4n) is 4.55. The van der Waals surface area contributed by atoms with Crippen LogP contribution in [0.5, 0.6) is 11.5 Å². The largest absolute Gasteiger partial charge is 0.454 e. The summed E-state index contributed by atoms with van der Waals surface area (Å²) in [6, 6.07) is 5.44. The number of carbonyl (C=O) groups excluding carboxylic acids is 1. The number of anilines is 1. The first-order valence-electron chi connectivity index (χ1n) is 9.51. The number of hydrogen-bond donors (Lipinski definition) is 2. The van der Waals surface area contributed by atoms with Crippen molar-refractivity contribution < 1.29 is 14.3 Å². The molecule has 8 heteroatoms. The van der Waals surface area contributed by atoms with Crippen LogP contribution in [0.4, 0.5) is 5.82 Å². The third kappa shape index (κ3) is 2.62. The van der Waals surface area contributed by atoms with Crippen molar-refractivity contribution >= 4 is 11.6 Å². The lowest BCUT2D eigenvalue weighted by Crippen LogP contribution is -2.41. The number of rotatable bonds is 1. The van der Waals surface area contributed by atoms with Gasteiger partial charge in [0.25, 0.3) is 5.56 Å². The van der Waals surface area contributed by atoms with Crippen molar-refractivity contribution in [3.05, 3.63) is 61.4 Å². The van der Waals surface area contributed by atoms with Crippen molar-refractivity contribution in [3.63, 3.8) is 0 Å². The fourth-order valence-corrected chi connectivity index (χ4v) is 4.55. The Morgan fingerprint density at radius 3 is 2.66 bits per heavy atom. The quantitative estimate of drug-likeness (QED) is 0.766. The minimum atomic E-state index is -0.588. The number of Topliss-reactive ketones (excluding diaryl/α,β-unsaturated/α-hetero) is 1. The topological polar surface area (TPSA) is 102 Å². The maximum Gasteiger partial charge on any atom is 0.329 e. The van der Waals surface area contributed by atoms with Crippen LogP contribution in [-0.2, 0) is 11.8 Å². The van der Waals surface area contributed by atoms with Crippen LogP contribution in [0, 0.1) is 5.41 Å². The maximum atomic E-state index is 13.2. The lowest BCUT2D eigenvalue weighted by molar-refractivity contribution is -0.118. The number of fused-ring (bicyclic) bond motifs is 2. The fraction of sp³-hybridized carbons (Fsp3) is 0.381. The molecule has 1 aliphatic carbocycles. The van der Waals surface area contributed by atoms with E-state index in [0.29, 0.717) is 41.3 Å². The van der Waals surface area contributed by atoms with Crippen molar-refractivity contribution in [1.82, 2.24) is 9.55 Å². The number of H-pyrrole nitrogens is 1. The normalized spacial score (nSPS) is 21.5. The SMILES string of the molecule is Cn1c2c(c(=O)[nH]c1=O)C(c1ccc3c(c1)OCO3)C1=C(CC(C)(C)CC1=O)N2. The first-order valence-corrected chi connectivity index (χ1v) is 9.51. The highest BCUT2D eigenvalue weighted by Crippen LogP contribution is 2.48. The van der Waals surface area contributed by atoms with Gasteiger partial charge in [-0.05, 0) is 29.5 Å². The van der Waals surface area contributed by atoms with Crippen LogP contribution in [-0.4, -0.2) is 22.1 Å². The summed E-state index contributed by atoms with van der Waals surface area (Å²) in [6.07, 6.45) is 1.04. The molecule has 3 heterocycles. The van der Waals surface area contributed by atoms with Gasteiger partial charge >= 0.3 is 5.69 Å². The van der Waals surface area contributed by atoms with Crippen molar-refractivity contribution in [2.75, 3.05) is 12.1 Å². The molecular formula is C21H21N3O5. The highest BCUT2D eigenvalue weighted by Gasteiger charge is 2.42. The molecule has 0 saturated carbocycles. The minimum absolute atomic E-state index is 0.00493. The second-order valence-corrected chi connectivity index (χ2v) is 8.58. The van der Waals surface area contributed by atoms with Crippen molar-refractivity contribution in [2.45, 2.75) is 32.6 Å². The van der Waals surface area contributed by atoms with Crippen LogP contribution in [0.15, 0.2) is 39.1 Å². The van der Waals surface area contributed by atoms with Gasteiger partial charge in [-0.15, -0.1) is 0 Å². The summed E-state index contributed by atoms with van der Waals surface area (Å²) in [5, 5.41) is 3.23. The highest BCUT2D eigenvalue weighted by atomic mass is 16.7. The molecule has 150 valence electrons. The lowest BCUT2D eigenvalue weighted by Gasteiger charge is -2.39. The van der Waals surface area contributed by atoms with Gasteiger partial charge in [-0.25, -0.2) is 4.79 Å². The molecule has 1 aromatic carbocycles. The molecule has 2 N–H and O–H groups in total. The number of nitrogens with one attached hydrogen (secondary N) is 2. The van der Waals surface area contributed by atoms with E-state index in [9.17, 15) is 14.4 Å². The Balaban J connectivity index is 1.80. The number of ether oxygens (including phenoxy) is 2. The lowest BCUT2D eigenvalue weighted by atomic mass is 9.69. The standard InChI is InChI=1S/C21H21N3O5/c1-21(2)7-11-16(12(25)8-21)15(10-4-5-13-14(6-10)29-9-28-13)17-18(22-11)24(3)20(27)23-19(17)26/h4-6,15,22H,7-9H2,1-3H3,(H,23,26,27). The van der Waals surface area contributed by atoms with Gasteiger partial charge in [-0.1, -0.05) is 19.9 Å². The van der Waals surface area contributed by atoms with Crippen molar-refractivity contribution in [2.24, 2.45) is 12.5 Å². The van der Waals surface area contributed by atoms with Crippen molar-refractivity contribution in [3.8, 4) is 11.5 Å². The van der Waals surface area contributed by atoms with Gasteiger partial charge in [0.2, 0.25) is 6.79 Å². The van der Waals surface area contributed by atoms with Crippen LogP contribution in [0.2, 0.25) is 0 Å². The smallest absolute Gasteiger partial charge is 0.329 e. The average Bonchev–Trinajstić information content (AvgIpc) is 3.11. The molecule has 29 heavy (non-hydrogen) atoms. The first kappa shape index (κ1) is 17.8. The number of ketones is 1. The number of aromatic amines is 1. The molecule has 0 bridgehead atoms. The Morgan fingerprint density at radius 1 is 1.10 bits per heavy atom. The van der Waals surface area contributed by atoms with E-state index in [1.54, 1.807) is 13.1 Å². The van der Waals surface area contributed by atoms with Crippen LogP contribution in [0.25, 0.3) is 0 Å². The molecule has 0 fully saturated rings. The molecule has 0 radical (unpaired) electrons. The third-order valence-corrected chi connectivity index (χ3v) is 5.86. The molecular weight excluding hydrogens is 374 g/mol. The maximum absolute atomic E-state index is 13.2. The Kier molecular flexibility index (Phi) is 3.59. The van der Waals surface area contributed by atoms with Gasteiger partial charge in [-0.2, -0.15) is 0 Å². The van der Waals surface area contributed by atoms with E-state index in [-0.39, 0.29) is 18.0 Å². The van der Waals surface area contributed by atoms with E-state index in [4.69, 9.17) is 9.47 Å². The number of carbonyl (C=O) groups is 1. The Morgan fingerprint density at radius 2 is 1.86 bits per heavy atom. The number of benzene rings is 1. The van der Waals surface area contributed by atoms with Crippen LogP contribution < -0.4 is 26.0 Å². The van der Waals surface area contributed by atoms with E-state index in [2.05, 4.69) is 10.3 Å². The van der Waals surface area contributed by atoms with Gasteiger partial charge in [0, 0.05) is 30.7 Å². The zero-order valence-corrected chi connectivity index (χ0v) is 16.4. The number of nitrogens with zero attached hydrogens (tertiary/aromatic N) is 1. The van der Waals surface area contributed by atoms with E-state index in [1.807, 2.05) is 26.0 Å². The zero-order valence-electron chi connectivity index (χ0n) is 16.4. The predicted molar refractivity (Wildman–Crippen MR) is 105 cm³/mol. The average molecular weight is 395 g/mol. The first-order chi connectivity index (χ1) is 13.7. The van der Waals surface area contributed by atoms with E-state index in [0.717, 1.165) is 11.3 Å². The molecule has 8 nitrogen and oxygen atoms in total. The summed E-state index contributed by atoms with van der Waals surface area (Å²) in [7, 11) is 1.60. The van der Waals surface area contributed by atoms with Crippen LogP contribution in [0.3, 0.4) is 0 Å². The highest BCUT2D eigenvalue weighted by molar-refractivity contribution is 6.01. The Labute approximate surface area is 166 Å². The van der Waals surface area contributed by atoms with Gasteiger partial charge < -0.3 is 14.8 Å². The molecule has 3 aliphatic rings. The molecule has 5 rings (SSSR count).